The molecule has 0 heterocycles. The molecular formula is C13H16F3N3OS. The quantitative estimate of drug-likeness (QED) is 0.450. The van der Waals surface area contributed by atoms with Crippen LogP contribution in [0, 0.1) is 5.82 Å². The Labute approximate surface area is 124 Å². The Kier molecular flexibility index (Phi) is 4.12. The molecule has 4 nitrogen and oxygen atoms in total. The summed E-state index contributed by atoms with van der Waals surface area (Å²) in [5.41, 5.74) is 11.1. The number of thioether (sulfide) groups is 1. The van der Waals surface area contributed by atoms with Gasteiger partial charge in [-0.05, 0) is 25.1 Å². The molecule has 21 heavy (non-hydrogen) atoms. The van der Waals surface area contributed by atoms with Crippen molar-refractivity contribution in [3.05, 3.63) is 29.6 Å². The molecule has 116 valence electrons. The van der Waals surface area contributed by atoms with Crippen molar-refractivity contribution < 1.29 is 18.3 Å². The second-order valence-electron chi connectivity index (χ2n) is 4.80. The summed E-state index contributed by atoms with van der Waals surface area (Å²) in [6.07, 6.45) is 0. The van der Waals surface area contributed by atoms with E-state index in [2.05, 4.69) is 4.99 Å². The number of rotatable bonds is 4. The van der Waals surface area contributed by atoms with E-state index in [1.165, 1.54) is 12.1 Å². The molecule has 1 aliphatic rings. The predicted octanol–water partition coefficient (Wildman–Crippen LogP) is 1.94. The number of amidine groups is 1. The van der Waals surface area contributed by atoms with Crippen molar-refractivity contribution >= 4 is 22.6 Å². The maximum Gasteiger partial charge on any atom is 0.274 e. The molecule has 1 fully saturated rings. The molecule has 0 radical (unpaired) electrons. The highest BCUT2D eigenvalue weighted by atomic mass is 32.2. The van der Waals surface area contributed by atoms with Crippen LogP contribution < -0.4 is 11.5 Å². The molecule has 5 N–H and O–H groups in total. The van der Waals surface area contributed by atoms with Gasteiger partial charge in [-0.25, -0.2) is 13.2 Å². The van der Waals surface area contributed by atoms with Crippen molar-refractivity contribution in [2.24, 2.45) is 10.7 Å². The minimum Gasteiger partial charge on any atom is -0.399 e. The number of alkyl halides is 2. The number of anilines is 1. The zero-order chi connectivity index (χ0) is 15.8. The third kappa shape index (κ3) is 2.46. The Morgan fingerprint density at radius 2 is 2.14 bits per heavy atom. The number of hydrogen-bond donors (Lipinski definition) is 3. The lowest BCUT2D eigenvalue weighted by molar-refractivity contribution is 0.0872. The van der Waals surface area contributed by atoms with E-state index in [4.69, 9.17) is 11.5 Å². The van der Waals surface area contributed by atoms with Crippen molar-refractivity contribution in [3.8, 4) is 0 Å². The molecule has 1 saturated carbocycles. The van der Waals surface area contributed by atoms with Crippen LogP contribution in [0.25, 0.3) is 0 Å². The van der Waals surface area contributed by atoms with Gasteiger partial charge in [0.1, 0.15) is 10.6 Å². The van der Waals surface area contributed by atoms with Crippen LogP contribution in [-0.4, -0.2) is 34.1 Å². The predicted molar refractivity (Wildman–Crippen MR) is 78.1 cm³/mol. The fourth-order valence-electron chi connectivity index (χ4n) is 2.39. The molecule has 0 saturated heterocycles. The van der Waals surface area contributed by atoms with Crippen LogP contribution in [0.5, 0.6) is 0 Å². The van der Waals surface area contributed by atoms with Gasteiger partial charge < -0.3 is 16.6 Å². The maximum atomic E-state index is 14.2. The van der Waals surface area contributed by atoms with Crippen LogP contribution in [0.2, 0.25) is 0 Å². The highest BCUT2D eigenvalue weighted by Crippen LogP contribution is 2.71. The number of aliphatic imine (C=N–C) groups is 1. The Morgan fingerprint density at radius 1 is 1.48 bits per heavy atom. The molecule has 0 amide bonds. The van der Waals surface area contributed by atoms with Crippen LogP contribution in [0.4, 0.5) is 18.9 Å². The van der Waals surface area contributed by atoms with Crippen molar-refractivity contribution in [2.75, 3.05) is 18.9 Å². The van der Waals surface area contributed by atoms with E-state index in [0.29, 0.717) is 18.3 Å². The summed E-state index contributed by atoms with van der Waals surface area (Å²) >= 11 is 0.582. The van der Waals surface area contributed by atoms with E-state index in [-0.39, 0.29) is 16.4 Å². The standard InChI is InChI=1S/C13H16F3N3OS/c1-2-19-11(18)21-12(6-20)10(13(12,15)16)8-5-7(17)3-4-9(8)14/h3-5,10,20H,2,6,17H2,1H3,(H2,18,19)/t10-,12+/m1/s1. The second kappa shape index (κ2) is 5.42. The van der Waals surface area contributed by atoms with Gasteiger partial charge in [-0.2, -0.15) is 0 Å². The summed E-state index contributed by atoms with van der Waals surface area (Å²) in [6.45, 7) is 1.20. The average molecular weight is 319 g/mol. The van der Waals surface area contributed by atoms with E-state index in [9.17, 15) is 18.3 Å². The molecule has 1 aromatic rings. The van der Waals surface area contributed by atoms with Crippen LogP contribution in [0.15, 0.2) is 23.2 Å². The monoisotopic (exact) mass is 319 g/mol. The van der Waals surface area contributed by atoms with E-state index in [1.807, 2.05) is 0 Å². The minimum absolute atomic E-state index is 0.0574. The minimum atomic E-state index is -3.30. The molecule has 1 aliphatic carbocycles. The van der Waals surface area contributed by atoms with Crippen molar-refractivity contribution in [1.29, 1.82) is 0 Å². The second-order valence-corrected chi connectivity index (χ2v) is 6.15. The summed E-state index contributed by atoms with van der Waals surface area (Å²) in [7, 11) is 0. The number of nitrogen functional groups attached to an aromatic ring is 1. The van der Waals surface area contributed by atoms with E-state index in [1.54, 1.807) is 6.92 Å². The maximum absolute atomic E-state index is 14.2. The van der Waals surface area contributed by atoms with Crippen molar-refractivity contribution in [3.63, 3.8) is 0 Å². The first-order valence-corrected chi connectivity index (χ1v) is 7.14. The number of nitrogens with two attached hydrogens (primary N) is 2. The van der Waals surface area contributed by atoms with E-state index < -0.39 is 29.0 Å². The highest BCUT2D eigenvalue weighted by molar-refractivity contribution is 8.15. The van der Waals surface area contributed by atoms with Gasteiger partial charge in [0.05, 0.1) is 12.5 Å². The lowest BCUT2D eigenvalue weighted by Crippen LogP contribution is -2.25. The lowest BCUT2D eigenvalue weighted by Gasteiger charge is -2.12. The van der Waals surface area contributed by atoms with Crippen molar-refractivity contribution in [1.82, 2.24) is 0 Å². The van der Waals surface area contributed by atoms with Crippen LogP contribution >= 0.6 is 11.8 Å². The van der Waals surface area contributed by atoms with Gasteiger partial charge in [0.2, 0.25) is 0 Å². The molecule has 0 aliphatic heterocycles. The zero-order valence-electron chi connectivity index (χ0n) is 11.3. The Bertz CT molecular complexity index is 582. The highest BCUT2D eigenvalue weighted by Gasteiger charge is 2.82. The number of benzene rings is 1. The van der Waals surface area contributed by atoms with E-state index in [0.717, 1.165) is 6.07 Å². The molecule has 0 unspecified atom stereocenters. The molecule has 1 aromatic carbocycles. The summed E-state index contributed by atoms with van der Waals surface area (Å²) in [4.78, 5) is 3.83. The number of nitrogens with zero attached hydrogens (tertiary/aromatic N) is 1. The van der Waals surface area contributed by atoms with Gasteiger partial charge in [0.15, 0.2) is 5.17 Å². The van der Waals surface area contributed by atoms with Crippen LogP contribution in [0.1, 0.15) is 18.4 Å². The van der Waals surface area contributed by atoms with E-state index >= 15 is 0 Å². The lowest BCUT2D eigenvalue weighted by atomic mass is 10.1. The Hall–Kier alpha value is -1.41. The van der Waals surface area contributed by atoms with Crippen LogP contribution in [-0.2, 0) is 0 Å². The fraction of sp³-hybridized carbons (Fsp3) is 0.462. The van der Waals surface area contributed by atoms with Gasteiger partial charge in [0.25, 0.3) is 5.92 Å². The Morgan fingerprint density at radius 3 is 2.71 bits per heavy atom. The average Bonchev–Trinajstić information content (AvgIpc) is 2.88. The summed E-state index contributed by atoms with van der Waals surface area (Å²) in [5, 5.41) is 9.38. The first-order valence-electron chi connectivity index (χ1n) is 6.32. The topological polar surface area (TPSA) is 84.6 Å². The number of aliphatic hydroxyl groups excluding tert-OH is 1. The van der Waals surface area contributed by atoms with Gasteiger partial charge in [-0.1, -0.05) is 11.8 Å². The summed E-state index contributed by atoms with van der Waals surface area (Å²) in [5.74, 6) is -5.57. The number of aliphatic hydroxyl groups is 1. The van der Waals surface area contributed by atoms with Gasteiger partial charge in [-0.15, -0.1) is 0 Å². The van der Waals surface area contributed by atoms with Crippen molar-refractivity contribution in [2.45, 2.75) is 23.5 Å². The summed E-state index contributed by atoms with van der Waals surface area (Å²) < 4.78 is 40.4. The molecular weight excluding hydrogens is 303 g/mol. The fourth-order valence-corrected chi connectivity index (χ4v) is 3.61. The normalized spacial score (nSPS) is 27.7. The number of hydrogen-bond acceptors (Lipinski definition) is 4. The first kappa shape index (κ1) is 16.0. The Balaban J connectivity index is 2.40. The van der Waals surface area contributed by atoms with Crippen LogP contribution in [0.3, 0.4) is 0 Å². The first-order chi connectivity index (χ1) is 9.80. The SMILES string of the molecule is CC/N=C(/N)S[C@@]1(CO)[C@@H](c2cc(N)ccc2F)C1(F)F. The third-order valence-electron chi connectivity index (χ3n) is 3.48. The molecule has 0 aromatic heterocycles. The molecule has 8 heteroatoms. The summed E-state index contributed by atoms with van der Waals surface area (Å²) in [6, 6.07) is 3.49. The molecule has 0 bridgehead atoms. The van der Waals surface area contributed by atoms with Gasteiger partial charge in [-0.3, -0.25) is 4.99 Å². The zero-order valence-corrected chi connectivity index (χ0v) is 12.1. The smallest absolute Gasteiger partial charge is 0.274 e. The molecule has 2 atom stereocenters. The third-order valence-corrected chi connectivity index (χ3v) is 4.82. The molecule has 0 spiro atoms. The number of halogens is 3. The largest absolute Gasteiger partial charge is 0.399 e. The van der Waals surface area contributed by atoms with Gasteiger partial charge >= 0.3 is 0 Å². The van der Waals surface area contributed by atoms with Gasteiger partial charge in [0, 0.05) is 17.8 Å². The molecule has 2 rings (SSSR count).